The molecule has 0 spiro atoms. The maximum absolute atomic E-state index is 5.73. The van der Waals surface area contributed by atoms with Crippen LogP contribution >= 0.6 is 0 Å². The van der Waals surface area contributed by atoms with Gasteiger partial charge >= 0.3 is 0 Å². The topological polar surface area (TPSA) is 38.9 Å². The average molecular weight is 190 g/mol. The van der Waals surface area contributed by atoms with Gasteiger partial charge in [-0.25, -0.2) is 0 Å². The summed E-state index contributed by atoms with van der Waals surface area (Å²) in [5.41, 5.74) is 8.41. The van der Waals surface area contributed by atoms with Gasteiger partial charge in [0, 0.05) is 18.9 Å². The van der Waals surface area contributed by atoms with Crippen molar-refractivity contribution in [2.45, 2.75) is 44.6 Å². The van der Waals surface area contributed by atoms with Crippen LogP contribution < -0.4 is 5.73 Å². The van der Waals surface area contributed by atoms with E-state index in [9.17, 15) is 0 Å². The zero-order valence-corrected chi connectivity index (χ0v) is 8.58. The summed E-state index contributed by atoms with van der Waals surface area (Å²) in [5.74, 6) is 0.719. The van der Waals surface area contributed by atoms with Crippen LogP contribution in [0, 0.1) is 0 Å². The van der Waals surface area contributed by atoms with Crippen molar-refractivity contribution in [2.75, 3.05) is 0 Å². The van der Waals surface area contributed by atoms with E-state index in [1.807, 2.05) is 12.4 Å². The third-order valence-corrected chi connectivity index (χ3v) is 3.21. The molecular weight excluding hydrogens is 172 g/mol. The number of nitrogens with two attached hydrogens (primary N) is 1. The molecule has 1 saturated carbocycles. The zero-order chi connectivity index (χ0) is 9.80. The van der Waals surface area contributed by atoms with Crippen molar-refractivity contribution in [3.63, 3.8) is 0 Å². The predicted molar refractivity (Wildman–Crippen MR) is 58.0 cm³/mol. The third-order valence-electron chi connectivity index (χ3n) is 3.21. The minimum Gasteiger partial charge on any atom is -0.326 e. The molecule has 0 aromatic carbocycles. The first-order valence-electron chi connectivity index (χ1n) is 5.54. The Morgan fingerprint density at radius 2 is 2.07 bits per heavy atom. The second kappa shape index (κ2) is 4.56. The highest BCUT2D eigenvalue weighted by atomic mass is 14.6. The number of hydrogen-bond donors (Lipinski definition) is 1. The van der Waals surface area contributed by atoms with E-state index >= 15 is 0 Å². The van der Waals surface area contributed by atoms with Crippen LogP contribution in [0.5, 0.6) is 0 Å². The highest BCUT2D eigenvalue weighted by Gasteiger charge is 2.17. The molecule has 1 aliphatic carbocycles. The molecule has 1 aromatic rings. The van der Waals surface area contributed by atoms with Crippen molar-refractivity contribution < 1.29 is 0 Å². The fourth-order valence-electron chi connectivity index (χ4n) is 2.40. The van der Waals surface area contributed by atoms with Gasteiger partial charge in [0.2, 0.25) is 0 Å². The molecule has 1 aromatic heterocycles. The summed E-state index contributed by atoms with van der Waals surface area (Å²) in [6, 6.07) is 2.06. The van der Waals surface area contributed by atoms with Gasteiger partial charge in [-0.15, -0.1) is 0 Å². The summed E-state index contributed by atoms with van der Waals surface area (Å²) in [4.78, 5) is 4.21. The minimum atomic E-state index is 0.647. The van der Waals surface area contributed by atoms with Gasteiger partial charge in [-0.3, -0.25) is 4.98 Å². The van der Waals surface area contributed by atoms with Crippen molar-refractivity contribution in [3.8, 4) is 0 Å². The number of nitrogens with zero attached hydrogens (tertiary/aromatic N) is 1. The van der Waals surface area contributed by atoms with E-state index < -0.39 is 0 Å². The fourth-order valence-corrected chi connectivity index (χ4v) is 2.40. The summed E-state index contributed by atoms with van der Waals surface area (Å²) in [6.45, 7) is 0.647. The summed E-state index contributed by atoms with van der Waals surface area (Å²) >= 11 is 0. The van der Waals surface area contributed by atoms with E-state index in [2.05, 4.69) is 11.1 Å². The lowest BCUT2D eigenvalue weighted by Gasteiger charge is -2.23. The lowest BCUT2D eigenvalue weighted by molar-refractivity contribution is 0.441. The molecule has 14 heavy (non-hydrogen) atoms. The van der Waals surface area contributed by atoms with E-state index in [1.165, 1.54) is 43.2 Å². The number of aromatic nitrogens is 1. The summed E-state index contributed by atoms with van der Waals surface area (Å²) in [7, 11) is 0. The molecule has 0 atom stereocenters. The van der Waals surface area contributed by atoms with Crippen molar-refractivity contribution in [3.05, 3.63) is 29.6 Å². The van der Waals surface area contributed by atoms with E-state index in [0.29, 0.717) is 6.54 Å². The highest BCUT2D eigenvalue weighted by molar-refractivity contribution is 5.27. The molecule has 2 N–H and O–H groups in total. The molecule has 0 saturated heterocycles. The van der Waals surface area contributed by atoms with Crippen LogP contribution in [0.1, 0.15) is 49.1 Å². The first kappa shape index (κ1) is 9.66. The Morgan fingerprint density at radius 3 is 2.79 bits per heavy atom. The largest absolute Gasteiger partial charge is 0.326 e. The monoisotopic (exact) mass is 190 g/mol. The van der Waals surface area contributed by atoms with Crippen LogP contribution in [0.15, 0.2) is 18.5 Å². The normalized spacial score (nSPS) is 18.4. The summed E-state index contributed by atoms with van der Waals surface area (Å²) in [6.07, 6.45) is 10.6. The Bertz CT molecular complexity index is 290. The maximum Gasteiger partial charge on any atom is 0.0305 e. The van der Waals surface area contributed by atoms with Gasteiger partial charge in [0.15, 0.2) is 0 Å². The van der Waals surface area contributed by atoms with Gasteiger partial charge in [-0.05, 0) is 36.0 Å². The lowest BCUT2D eigenvalue weighted by atomic mass is 9.83. The van der Waals surface area contributed by atoms with Gasteiger partial charge in [-0.2, -0.15) is 0 Å². The third kappa shape index (κ3) is 1.95. The van der Waals surface area contributed by atoms with Crippen LogP contribution in [-0.2, 0) is 6.54 Å². The van der Waals surface area contributed by atoms with E-state index in [1.54, 1.807) is 0 Å². The first-order valence-corrected chi connectivity index (χ1v) is 5.54. The summed E-state index contributed by atoms with van der Waals surface area (Å²) < 4.78 is 0. The Morgan fingerprint density at radius 1 is 1.29 bits per heavy atom. The molecule has 2 heteroatoms. The van der Waals surface area contributed by atoms with Gasteiger partial charge < -0.3 is 5.73 Å². The number of rotatable bonds is 2. The molecule has 2 nitrogen and oxygen atoms in total. The second-order valence-electron chi connectivity index (χ2n) is 4.11. The van der Waals surface area contributed by atoms with Crippen molar-refractivity contribution >= 4 is 0 Å². The second-order valence-corrected chi connectivity index (χ2v) is 4.11. The molecule has 1 heterocycles. The minimum absolute atomic E-state index is 0.647. The molecule has 0 bridgehead atoms. The molecule has 0 amide bonds. The Balaban J connectivity index is 2.20. The molecule has 76 valence electrons. The first-order chi connectivity index (χ1) is 6.92. The van der Waals surface area contributed by atoms with Gasteiger partial charge in [0.05, 0.1) is 0 Å². The van der Waals surface area contributed by atoms with Crippen molar-refractivity contribution in [1.82, 2.24) is 4.98 Å². The van der Waals surface area contributed by atoms with Crippen molar-refractivity contribution in [2.24, 2.45) is 5.73 Å². The van der Waals surface area contributed by atoms with Crippen LogP contribution in [0.3, 0.4) is 0 Å². The summed E-state index contributed by atoms with van der Waals surface area (Å²) in [5, 5.41) is 0. The van der Waals surface area contributed by atoms with Crippen LogP contribution in [0.2, 0.25) is 0 Å². The SMILES string of the molecule is NCc1ccncc1C1CCCCC1. The molecule has 0 unspecified atom stereocenters. The van der Waals surface area contributed by atoms with Crippen LogP contribution in [-0.4, -0.2) is 4.98 Å². The van der Waals surface area contributed by atoms with E-state index in [-0.39, 0.29) is 0 Å². The molecule has 0 aliphatic heterocycles. The highest BCUT2D eigenvalue weighted by Crippen LogP contribution is 2.33. The molecule has 2 rings (SSSR count). The number of hydrogen-bond acceptors (Lipinski definition) is 2. The van der Waals surface area contributed by atoms with Gasteiger partial charge in [0.25, 0.3) is 0 Å². The van der Waals surface area contributed by atoms with Crippen LogP contribution in [0.4, 0.5) is 0 Å². The fraction of sp³-hybridized carbons (Fsp3) is 0.583. The Hall–Kier alpha value is -0.890. The maximum atomic E-state index is 5.73. The zero-order valence-electron chi connectivity index (χ0n) is 8.58. The molecular formula is C12H18N2. The van der Waals surface area contributed by atoms with Gasteiger partial charge in [0.1, 0.15) is 0 Å². The Labute approximate surface area is 85.5 Å². The van der Waals surface area contributed by atoms with E-state index in [4.69, 9.17) is 5.73 Å². The number of pyridine rings is 1. The quantitative estimate of drug-likeness (QED) is 0.778. The van der Waals surface area contributed by atoms with Crippen molar-refractivity contribution in [1.29, 1.82) is 0 Å². The Kier molecular flexibility index (Phi) is 3.14. The van der Waals surface area contributed by atoms with Gasteiger partial charge in [-0.1, -0.05) is 19.3 Å². The molecule has 1 aliphatic rings. The molecule has 0 radical (unpaired) electrons. The predicted octanol–water partition coefficient (Wildman–Crippen LogP) is 2.59. The lowest BCUT2D eigenvalue weighted by Crippen LogP contribution is -2.10. The standard InChI is InChI=1S/C12H18N2/c13-8-11-6-7-14-9-12(11)10-4-2-1-3-5-10/h6-7,9-10H,1-5,8,13H2. The average Bonchev–Trinajstić information content (AvgIpc) is 2.30. The smallest absolute Gasteiger partial charge is 0.0305 e. The van der Waals surface area contributed by atoms with E-state index in [0.717, 1.165) is 5.92 Å². The molecule has 1 fully saturated rings. The van der Waals surface area contributed by atoms with Crippen LogP contribution in [0.25, 0.3) is 0 Å².